The van der Waals surface area contributed by atoms with E-state index < -0.39 is 0 Å². The molecule has 132 valence electrons. The summed E-state index contributed by atoms with van der Waals surface area (Å²) in [5, 5.41) is 0.762. The first-order chi connectivity index (χ1) is 12.1. The summed E-state index contributed by atoms with van der Waals surface area (Å²) in [5.41, 5.74) is 2.31. The first kappa shape index (κ1) is 17.8. The third kappa shape index (κ3) is 4.97. The van der Waals surface area contributed by atoms with Crippen LogP contribution in [0, 0.1) is 0 Å². The zero-order valence-electron chi connectivity index (χ0n) is 14.6. The lowest BCUT2D eigenvalue weighted by Crippen LogP contribution is -2.49. The Bertz CT molecular complexity index is 699. The van der Waals surface area contributed by atoms with Gasteiger partial charge in [-0.15, -0.1) is 0 Å². The van der Waals surface area contributed by atoms with E-state index in [4.69, 9.17) is 11.6 Å². The van der Waals surface area contributed by atoms with Gasteiger partial charge in [-0.3, -0.25) is 9.69 Å². The van der Waals surface area contributed by atoms with Gasteiger partial charge in [0.1, 0.15) is 0 Å². The minimum atomic E-state index is 0.167. The first-order valence-corrected chi connectivity index (χ1v) is 9.00. The van der Waals surface area contributed by atoms with Crippen LogP contribution < -0.4 is 4.90 Å². The van der Waals surface area contributed by atoms with Crippen LogP contribution in [0.4, 0.5) is 5.69 Å². The highest BCUT2D eigenvalue weighted by molar-refractivity contribution is 6.30. The van der Waals surface area contributed by atoms with Gasteiger partial charge in [-0.2, -0.15) is 0 Å². The standard InChI is InChI=1S/C20H24ClN3O/c1-22(15-17-6-3-2-4-7-17)20(25)16-23-10-12-24(13-11-23)19-9-5-8-18(21)14-19/h2-9,14H,10-13,15-16H2,1H3. The highest BCUT2D eigenvalue weighted by atomic mass is 35.5. The van der Waals surface area contributed by atoms with Gasteiger partial charge in [0, 0.05) is 50.5 Å². The number of likely N-dealkylation sites (N-methyl/N-ethyl adjacent to an activating group) is 1. The Morgan fingerprint density at radius 2 is 1.76 bits per heavy atom. The molecule has 0 spiro atoms. The number of halogens is 1. The predicted molar refractivity (Wildman–Crippen MR) is 103 cm³/mol. The fourth-order valence-corrected chi connectivity index (χ4v) is 3.28. The van der Waals surface area contributed by atoms with E-state index in [1.165, 1.54) is 0 Å². The van der Waals surface area contributed by atoms with E-state index in [1.807, 2.05) is 55.6 Å². The number of hydrogen-bond donors (Lipinski definition) is 0. The Morgan fingerprint density at radius 3 is 2.44 bits per heavy atom. The van der Waals surface area contributed by atoms with Crippen LogP contribution in [-0.4, -0.2) is 55.5 Å². The van der Waals surface area contributed by atoms with Gasteiger partial charge in [0.25, 0.3) is 0 Å². The van der Waals surface area contributed by atoms with Gasteiger partial charge in [-0.25, -0.2) is 0 Å². The molecule has 0 bridgehead atoms. The van der Waals surface area contributed by atoms with Crippen molar-refractivity contribution in [3.05, 3.63) is 65.2 Å². The van der Waals surface area contributed by atoms with Crippen LogP contribution in [0.1, 0.15) is 5.56 Å². The molecule has 1 heterocycles. The predicted octanol–water partition coefficient (Wildman–Crippen LogP) is 3.12. The maximum Gasteiger partial charge on any atom is 0.236 e. The van der Waals surface area contributed by atoms with Crippen LogP contribution in [0.2, 0.25) is 5.02 Å². The molecule has 0 saturated carbocycles. The topological polar surface area (TPSA) is 26.8 Å². The van der Waals surface area contributed by atoms with Crippen molar-refractivity contribution >= 4 is 23.2 Å². The van der Waals surface area contributed by atoms with Crippen molar-refractivity contribution in [3.63, 3.8) is 0 Å². The van der Waals surface area contributed by atoms with Crippen molar-refractivity contribution in [2.75, 3.05) is 44.7 Å². The third-order valence-corrected chi connectivity index (χ3v) is 4.83. The third-order valence-electron chi connectivity index (χ3n) is 4.59. The largest absolute Gasteiger partial charge is 0.369 e. The minimum Gasteiger partial charge on any atom is -0.369 e. The molecule has 1 aliphatic rings. The fourth-order valence-electron chi connectivity index (χ4n) is 3.09. The number of carbonyl (C=O) groups excluding carboxylic acids is 1. The molecular formula is C20H24ClN3O. The van der Waals surface area contributed by atoms with E-state index in [9.17, 15) is 4.79 Å². The van der Waals surface area contributed by atoms with Crippen LogP contribution in [0.3, 0.4) is 0 Å². The number of benzene rings is 2. The summed E-state index contributed by atoms with van der Waals surface area (Å²) < 4.78 is 0. The summed E-state index contributed by atoms with van der Waals surface area (Å²) in [6, 6.07) is 18.0. The van der Waals surface area contributed by atoms with Crippen molar-refractivity contribution < 1.29 is 4.79 Å². The Kier molecular flexibility index (Phi) is 5.95. The molecule has 2 aromatic carbocycles. The first-order valence-electron chi connectivity index (χ1n) is 8.62. The molecule has 0 aromatic heterocycles. The van der Waals surface area contributed by atoms with Crippen molar-refractivity contribution in [2.24, 2.45) is 0 Å². The summed E-state index contributed by atoms with van der Waals surface area (Å²) in [7, 11) is 1.87. The van der Waals surface area contributed by atoms with Gasteiger partial charge in [0.05, 0.1) is 6.54 Å². The van der Waals surface area contributed by atoms with Crippen LogP contribution in [0.15, 0.2) is 54.6 Å². The molecule has 2 aromatic rings. The summed E-state index contributed by atoms with van der Waals surface area (Å²) in [4.78, 5) is 18.8. The van der Waals surface area contributed by atoms with Crippen molar-refractivity contribution in [1.82, 2.24) is 9.80 Å². The molecule has 1 saturated heterocycles. The van der Waals surface area contributed by atoms with Crippen molar-refractivity contribution in [2.45, 2.75) is 6.54 Å². The second-order valence-electron chi connectivity index (χ2n) is 6.48. The Balaban J connectivity index is 1.47. The Labute approximate surface area is 154 Å². The smallest absolute Gasteiger partial charge is 0.236 e. The SMILES string of the molecule is CN(Cc1ccccc1)C(=O)CN1CCN(c2cccc(Cl)c2)CC1. The molecule has 1 amide bonds. The molecule has 3 rings (SSSR count). The number of hydrogen-bond acceptors (Lipinski definition) is 3. The number of nitrogens with zero attached hydrogens (tertiary/aromatic N) is 3. The number of anilines is 1. The molecule has 0 radical (unpaired) electrons. The zero-order chi connectivity index (χ0) is 17.6. The van der Waals surface area contributed by atoms with Crippen LogP contribution in [0.5, 0.6) is 0 Å². The number of carbonyl (C=O) groups is 1. The molecule has 1 aliphatic heterocycles. The van der Waals surface area contributed by atoms with E-state index in [-0.39, 0.29) is 5.91 Å². The van der Waals surface area contributed by atoms with E-state index in [0.29, 0.717) is 13.1 Å². The maximum absolute atomic E-state index is 12.5. The summed E-state index contributed by atoms with van der Waals surface area (Å²) in [5.74, 6) is 0.167. The summed E-state index contributed by atoms with van der Waals surface area (Å²) in [6.07, 6.45) is 0. The fraction of sp³-hybridized carbons (Fsp3) is 0.350. The maximum atomic E-state index is 12.5. The molecule has 1 fully saturated rings. The van der Waals surface area contributed by atoms with Crippen molar-refractivity contribution in [3.8, 4) is 0 Å². The second kappa shape index (κ2) is 8.37. The van der Waals surface area contributed by atoms with Crippen molar-refractivity contribution in [1.29, 1.82) is 0 Å². The second-order valence-corrected chi connectivity index (χ2v) is 6.91. The van der Waals surface area contributed by atoms with Crippen LogP contribution in [-0.2, 0) is 11.3 Å². The number of amides is 1. The zero-order valence-corrected chi connectivity index (χ0v) is 15.3. The van der Waals surface area contributed by atoms with Gasteiger partial charge in [0.2, 0.25) is 5.91 Å². The normalized spacial score (nSPS) is 15.2. The van der Waals surface area contributed by atoms with E-state index in [1.54, 1.807) is 4.90 Å². The molecule has 25 heavy (non-hydrogen) atoms. The Hall–Kier alpha value is -2.04. The van der Waals surface area contributed by atoms with E-state index in [0.717, 1.165) is 42.5 Å². The minimum absolute atomic E-state index is 0.167. The summed E-state index contributed by atoms with van der Waals surface area (Å²) >= 11 is 6.08. The lowest BCUT2D eigenvalue weighted by molar-refractivity contribution is -0.131. The molecule has 0 aliphatic carbocycles. The quantitative estimate of drug-likeness (QED) is 0.822. The number of rotatable bonds is 5. The van der Waals surface area contributed by atoms with E-state index >= 15 is 0 Å². The monoisotopic (exact) mass is 357 g/mol. The average Bonchev–Trinajstić information content (AvgIpc) is 2.63. The van der Waals surface area contributed by atoms with Gasteiger partial charge in [-0.1, -0.05) is 48.0 Å². The van der Waals surface area contributed by atoms with Crippen LogP contribution >= 0.6 is 11.6 Å². The van der Waals surface area contributed by atoms with Gasteiger partial charge in [-0.05, 0) is 23.8 Å². The van der Waals surface area contributed by atoms with Gasteiger partial charge >= 0.3 is 0 Å². The lowest BCUT2D eigenvalue weighted by atomic mass is 10.2. The number of piperazine rings is 1. The molecule has 5 heteroatoms. The Morgan fingerprint density at radius 1 is 1.04 bits per heavy atom. The molecule has 4 nitrogen and oxygen atoms in total. The molecule has 0 atom stereocenters. The molecular weight excluding hydrogens is 334 g/mol. The average molecular weight is 358 g/mol. The summed E-state index contributed by atoms with van der Waals surface area (Å²) in [6.45, 7) is 4.73. The van der Waals surface area contributed by atoms with Gasteiger partial charge in [0.15, 0.2) is 0 Å². The van der Waals surface area contributed by atoms with Crippen LogP contribution in [0.25, 0.3) is 0 Å². The van der Waals surface area contributed by atoms with Gasteiger partial charge < -0.3 is 9.80 Å². The lowest BCUT2D eigenvalue weighted by Gasteiger charge is -2.36. The highest BCUT2D eigenvalue weighted by Crippen LogP contribution is 2.20. The highest BCUT2D eigenvalue weighted by Gasteiger charge is 2.20. The molecule has 0 unspecified atom stereocenters. The van der Waals surface area contributed by atoms with E-state index in [2.05, 4.69) is 15.9 Å². The molecule has 0 N–H and O–H groups in total.